The van der Waals surface area contributed by atoms with Gasteiger partial charge in [0, 0.05) is 45.7 Å². The number of carboxylic acid groups (broad SMARTS) is 1. The van der Waals surface area contributed by atoms with Gasteiger partial charge in [-0.3, -0.25) is 9.69 Å². The summed E-state index contributed by atoms with van der Waals surface area (Å²) >= 11 is 0. The molecule has 20 heavy (non-hydrogen) atoms. The molecular formula is C14H25N3O3. The van der Waals surface area contributed by atoms with Gasteiger partial charge in [-0.25, -0.2) is 4.79 Å². The number of carbonyl (C=O) groups is 2. The number of carbonyl (C=O) groups excluding carboxylic acids is 1. The molecule has 1 heterocycles. The molecule has 2 N–H and O–H groups in total. The largest absolute Gasteiger partial charge is 0.481 e. The van der Waals surface area contributed by atoms with Gasteiger partial charge < -0.3 is 15.3 Å². The second-order valence-corrected chi connectivity index (χ2v) is 5.81. The van der Waals surface area contributed by atoms with Gasteiger partial charge in [-0.1, -0.05) is 0 Å². The van der Waals surface area contributed by atoms with Crippen LogP contribution in [0.2, 0.25) is 0 Å². The van der Waals surface area contributed by atoms with Crippen molar-refractivity contribution in [2.75, 3.05) is 39.3 Å². The topological polar surface area (TPSA) is 72.9 Å². The van der Waals surface area contributed by atoms with E-state index in [9.17, 15) is 9.59 Å². The Morgan fingerprint density at radius 2 is 1.80 bits per heavy atom. The smallest absolute Gasteiger partial charge is 0.317 e. The maximum Gasteiger partial charge on any atom is 0.317 e. The molecular weight excluding hydrogens is 258 g/mol. The lowest BCUT2D eigenvalue weighted by Crippen LogP contribution is -2.52. The van der Waals surface area contributed by atoms with Crippen molar-refractivity contribution < 1.29 is 14.7 Å². The molecule has 6 heteroatoms. The van der Waals surface area contributed by atoms with Gasteiger partial charge >= 0.3 is 12.0 Å². The third-order valence-electron chi connectivity index (χ3n) is 3.97. The first kappa shape index (κ1) is 15.1. The molecule has 2 fully saturated rings. The standard InChI is InChI=1S/C14H25N3O3/c18-13(19)3-1-2-6-15-14(20)17-9-7-16(8-10-17)11-12-4-5-12/h12H,1-11H2,(H,15,20)(H,18,19). The minimum atomic E-state index is -0.775. The Kier molecular flexibility index (Phi) is 5.64. The quantitative estimate of drug-likeness (QED) is 0.683. The van der Waals surface area contributed by atoms with Gasteiger partial charge in [-0.15, -0.1) is 0 Å². The molecule has 0 aromatic carbocycles. The molecule has 0 radical (unpaired) electrons. The molecule has 0 aromatic rings. The summed E-state index contributed by atoms with van der Waals surface area (Å²) in [6, 6.07) is -0.00797. The fourth-order valence-corrected chi connectivity index (χ4v) is 2.51. The monoisotopic (exact) mass is 283 g/mol. The Morgan fingerprint density at radius 1 is 1.10 bits per heavy atom. The molecule has 0 unspecified atom stereocenters. The van der Waals surface area contributed by atoms with Crippen molar-refractivity contribution in [1.29, 1.82) is 0 Å². The lowest BCUT2D eigenvalue weighted by molar-refractivity contribution is -0.137. The van der Waals surface area contributed by atoms with E-state index in [-0.39, 0.29) is 12.5 Å². The number of piperazine rings is 1. The van der Waals surface area contributed by atoms with Crippen LogP contribution in [0.15, 0.2) is 0 Å². The summed E-state index contributed by atoms with van der Waals surface area (Å²) in [5, 5.41) is 11.4. The number of nitrogens with one attached hydrogen (secondary N) is 1. The Balaban J connectivity index is 1.53. The molecule has 2 amide bonds. The van der Waals surface area contributed by atoms with Crippen LogP contribution in [-0.2, 0) is 4.79 Å². The number of hydrogen-bond acceptors (Lipinski definition) is 3. The number of carboxylic acids is 1. The number of amides is 2. The predicted molar refractivity (Wildman–Crippen MR) is 75.6 cm³/mol. The van der Waals surface area contributed by atoms with Gasteiger partial charge in [0.15, 0.2) is 0 Å². The molecule has 0 atom stereocenters. The van der Waals surface area contributed by atoms with E-state index in [1.165, 1.54) is 19.4 Å². The van der Waals surface area contributed by atoms with Crippen molar-refractivity contribution in [3.05, 3.63) is 0 Å². The molecule has 0 aromatic heterocycles. The molecule has 1 saturated carbocycles. The number of aliphatic carboxylic acids is 1. The first-order chi connectivity index (χ1) is 9.65. The normalized spacial score (nSPS) is 19.9. The molecule has 2 rings (SSSR count). The number of urea groups is 1. The van der Waals surface area contributed by atoms with Gasteiger partial charge in [0.05, 0.1) is 0 Å². The predicted octanol–water partition coefficient (Wildman–Crippen LogP) is 0.978. The number of unbranched alkanes of at least 4 members (excludes halogenated alkanes) is 1. The molecule has 1 aliphatic heterocycles. The molecule has 1 aliphatic carbocycles. The highest BCUT2D eigenvalue weighted by Crippen LogP contribution is 2.29. The fraction of sp³-hybridized carbons (Fsp3) is 0.857. The lowest BCUT2D eigenvalue weighted by atomic mass is 10.2. The lowest BCUT2D eigenvalue weighted by Gasteiger charge is -2.34. The summed E-state index contributed by atoms with van der Waals surface area (Å²) in [6.07, 6.45) is 4.26. The van der Waals surface area contributed by atoms with E-state index in [4.69, 9.17) is 5.11 Å². The maximum absolute atomic E-state index is 11.9. The van der Waals surface area contributed by atoms with E-state index in [1.807, 2.05) is 4.90 Å². The molecule has 6 nitrogen and oxygen atoms in total. The summed E-state index contributed by atoms with van der Waals surface area (Å²) in [5.74, 6) is 0.132. The summed E-state index contributed by atoms with van der Waals surface area (Å²) in [7, 11) is 0. The zero-order valence-electron chi connectivity index (χ0n) is 12.0. The van der Waals surface area contributed by atoms with Crippen LogP contribution in [0.25, 0.3) is 0 Å². The van der Waals surface area contributed by atoms with E-state index in [1.54, 1.807) is 0 Å². The van der Waals surface area contributed by atoms with E-state index in [0.717, 1.165) is 38.5 Å². The van der Waals surface area contributed by atoms with Crippen LogP contribution in [0, 0.1) is 5.92 Å². The number of hydrogen-bond donors (Lipinski definition) is 2. The number of rotatable bonds is 7. The van der Waals surface area contributed by atoms with E-state index >= 15 is 0 Å². The average molecular weight is 283 g/mol. The van der Waals surface area contributed by atoms with Crippen LogP contribution in [0.3, 0.4) is 0 Å². The summed E-state index contributed by atoms with van der Waals surface area (Å²) < 4.78 is 0. The van der Waals surface area contributed by atoms with E-state index in [2.05, 4.69) is 10.2 Å². The van der Waals surface area contributed by atoms with Gasteiger partial charge in [-0.2, -0.15) is 0 Å². The third-order valence-corrected chi connectivity index (χ3v) is 3.97. The molecule has 0 bridgehead atoms. The minimum Gasteiger partial charge on any atom is -0.481 e. The van der Waals surface area contributed by atoms with E-state index < -0.39 is 5.97 Å². The van der Waals surface area contributed by atoms with Crippen LogP contribution < -0.4 is 5.32 Å². The number of nitrogens with zero attached hydrogens (tertiary/aromatic N) is 2. The Labute approximate surface area is 120 Å². The molecule has 1 saturated heterocycles. The second kappa shape index (κ2) is 7.47. The van der Waals surface area contributed by atoms with Crippen molar-refractivity contribution in [2.24, 2.45) is 5.92 Å². The summed E-state index contributed by atoms with van der Waals surface area (Å²) in [4.78, 5) is 26.6. The first-order valence-electron chi connectivity index (χ1n) is 7.62. The maximum atomic E-state index is 11.9. The zero-order valence-corrected chi connectivity index (χ0v) is 12.0. The van der Waals surface area contributed by atoms with Crippen LogP contribution >= 0.6 is 0 Å². The highest BCUT2D eigenvalue weighted by atomic mass is 16.4. The van der Waals surface area contributed by atoms with Crippen molar-refractivity contribution in [2.45, 2.75) is 32.1 Å². The van der Waals surface area contributed by atoms with Crippen LogP contribution in [0.5, 0.6) is 0 Å². The third kappa shape index (κ3) is 5.36. The SMILES string of the molecule is O=C(O)CCCCNC(=O)N1CCN(CC2CC2)CC1. The second-order valence-electron chi connectivity index (χ2n) is 5.81. The fourth-order valence-electron chi connectivity index (χ4n) is 2.51. The van der Waals surface area contributed by atoms with Gasteiger partial charge in [0.2, 0.25) is 0 Å². The Hall–Kier alpha value is -1.30. The van der Waals surface area contributed by atoms with Crippen molar-refractivity contribution in [3.63, 3.8) is 0 Å². The van der Waals surface area contributed by atoms with Gasteiger partial charge in [0.25, 0.3) is 0 Å². The summed E-state index contributed by atoms with van der Waals surface area (Å²) in [5.41, 5.74) is 0. The molecule has 114 valence electrons. The molecule has 2 aliphatic rings. The zero-order chi connectivity index (χ0) is 14.4. The van der Waals surface area contributed by atoms with Crippen LogP contribution in [0.4, 0.5) is 4.79 Å². The highest BCUT2D eigenvalue weighted by molar-refractivity contribution is 5.74. The van der Waals surface area contributed by atoms with Crippen molar-refractivity contribution in [1.82, 2.24) is 15.1 Å². The molecule has 0 spiro atoms. The first-order valence-corrected chi connectivity index (χ1v) is 7.62. The van der Waals surface area contributed by atoms with E-state index in [0.29, 0.717) is 13.0 Å². The van der Waals surface area contributed by atoms with Gasteiger partial charge in [0.1, 0.15) is 0 Å². The average Bonchev–Trinajstić information content (AvgIpc) is 3.22. The highest BCUT2D eigenvalue weighted by Gasteiger charge is 2.27. The Bertz CT molecular complexity index is 337. The summed E-state index contributed by atoms with van der Waals surface area (Å²) in [6.45, 7) is 5.31. The van der Waals surface area contributed by atoms with Crippen molar-refractivity contribution >= 4 is 12.0 Å². The van der Waals surface area contributed by atoms with Gasteiger partial charge in [-0.05, 0) is 31.6 Å². The van der Waals surface area contributed by atoms with Crippen LogP contribution in [-0.4, -0.2) is 66.2 Å². The van der Waals surface area contributed by atoms with Crippen LogP contribution in [0.1, 0.15) is 32.1 Å². The Morgan fingerprint density at radius 3 is 2.40 bits per heavy atom. The minimum absolute atomic E-state index is 0.00797. The van der Waals surface area contributed by atoms with Crippen molar-refractivity contribution in [3.8, 4) is 0 Å².